The van der Waals surface area contributed by atoms with Gasteiger partial charge in [-0.25, -0.2) is 9.50 Å². The molecule has 1 saturated heterocycles. The molecule has 6 nitrogen and oxygen atoms in total. The van der Waals surface area contributed by atoms with Crippen molar-refractivity contribution in [3.05, 3.63) is 18.1 Å². The van der Waals surface area contributed by atoms with E-state index in [4.69, 9.17) is 5.73 Å². The number of anilines is 1. The summed E-state index contributed by atoms with van der Waals surface area (Å²) in [5, 5.41) is 7.91. The Morgan fingerprint density at radius 1 is 1.50 bits per heavy atom. The summed E-state index contributed by atoms with van der Waals surface area (Å²) in [6.07, 6.45) is 4.64. The number of hydrogen-bond acceptors (Lipinski definition) is 5. The van der Waals surface area contributed by atoms with Gasteiger partial charge in [0.25, 0.3) is 0 Å². The van der Waals surface area contributed by atoms with Gasteiger partial charge in [-0.05, 0) is 13.3 Å². The molecule has 1 fully saturated rings. The second kappa shape index (κ2) is 3.41. The zero-order chi connectivity index (χ0) is 11.1. The molecule has 3 rings (SSSR count). The van der Waals surface area contributed by atoms with E-state index in [1.807, 2.05) is 13.1 Å². The SMILES string of the molecule is Cc1cn2nncc2c(N2CC[C@@H](N)C2)n1. The van der Waals surface area contributed by atoms with Crippen LogP contribution in [0.2, 0.25) is 0 Å². The lowest BCUT2D eigenvalue weighted by molar-refractivity contribution is 0.751. The highest BCUT2D eigenvalue weighted by Gasteiger charge is 2.22. The van der Waals surface area contributed by atoms with Crippen LogP contribution < -0.4 is 10.6 Å². The lowest BCUT2D eigenvalue weighted by atomic mass is 10.3. The molecule has 2 aromatic rings. The molecule has 0 spiro atoms. The third kappa shape index (κ3) is 1.42. The summed E-state index contributed by atoms with van der Waals surface area (Å²) in [7, 11) is 0. The van der Waals surface area contributed by atoms with Gasteiger partial charge in [-0.2, -0.15) is 0 Å². The molecule has 0 aliphatic carbocycles. The van der Waals surface area contributed by atoms with Gasteiger partial charge in [0, 0.05) is 19.1 Å². The van der Waals surface area contributed by atoms with Gasteiger partial charge in [-0.15, -0.1) is 5.10 Å². The molecule has 0 radical (unpaired) electrons. The lowest BCUT2D eigenvalue weighted by Crippen LogP contribution is -2.27. The van der Waals surface area contributed by atoms with Crippen LogP contribution in [0.4, 0.5) is 5.82 Å². The first-order chi connectivity index (χ1) is 7.74. The highest BCUT2D eigenvalue weighted by molar-refractivity contribution is 5.68. The van der Waals surface area contributed by atoms with Crippen LogP contribution in [0.15, 0.2) is 12.4 Å². The van der Waals surface area contributed by atoms with Crippen molar-refractivity contribution in [1.82, 2.24) is 19.8 Å². The van der Waals surface area contributed by atoms with E-state index in [2.05, 4.69) is 20.2 Å². The average Bonchev–Trinajstić information content (AvgIpc) is 2.84. The van der Waals surface area contributed by atoms with Crippen LogP contribution in [0.1, 0.15) is 12.1 Å². The van der Waals surface area contributed by atoms with Gasteiger partial charge < -0.3 is 10.6 Å². The van der Waals surface area contributed by atoms with E-state index in [1.165, 1.54) is 0 Å². The summed E-state index contributed by atoms with van der Waals surface area (Å²) in [5.74, 6) is 0.943. The van der Waals surface area contributed by atoms with E-state index >= 15 is 0 Å². The molecule has 0 aromatic carbocycles. The molecule has 0 saturated carbocycles. The van der Waals surface area contributed by atoms with Gasteiger partial charge in [-0.3, -0.25) is 0 Å². The van der Waals surface area contributed by atoms with Crippen molar-refractivity contribution >= 4 is 11.3 Å². The number of rotatable bonds is 1. The monoisotopic (exact) mass is 218 g/mol. The van der Waals surface area contributed by atoms with E-state index in [9.17, 15) is 0 Å². The maximum atomic E-state index is 5.91. The maximum Gasteiger partial charge on any atom is 0.156 e. The van der Waals surface area contributed by atoms with Crippen molar-refractivity contribution in [3.63, 3.8) is 0 Å². The summed E-state index contributed by atoms with van der Waals surface area (Å²) in [6, 6.07) is 0.248. The van der Waals surface area contributed by atoms with Gasteiger partial charge >= 0.3 is 0 Å². The van der Waals surface area contributed by atoms with E-state index in [0.717, 1.165) is 36.5 Å². The van der Waals surface area contributed by atoms with E-state index in [-0.39, 0.29) is 6.04 Å². The summed E-state index contributed by atoms with van der Waals surface area (Å²) in [6.45, 7) is 3.77. The third-order valence-corrected chi connectivity index (χ3v) is 2.92. The third-order valence-electron chi connectivity index (χ3n) is 2.92. The van der Waals surface area contributed by atoms with Crippen molar-refractivity contribution in [2.24, 2.45) is 5.73 Å². The molecular formula is C10H14N6. The minimum absolute atomic E-state index is 0.248. The van der Waals surface area contributed by atoms with Crippen LogP contribution in [0.25, 0.3) is 5.52 Å². The van der Waals surface area contributed by atoms with E-state index in [1.54, 1.807) is 10.7 Å². The van der Waals surface area contributed by atoms with Crippen LogP contribution in [-0.4, -0.2) is 38.9 Å². The van der Waals surface area contributed by atoms with Crippen molar-refractivity contribution < 1.29 is 0 Å². The number of nitrogens with two attached hydrogens (primary N) is 1. The lowest BCUT2D eigenvalue weighted by Gasteiger charge is -2.17. The fourth-order valence-corrected chi connectivity index (χ4v) is 2.14. The van der Waals surface area contributed by atoms with Crippen molar-refractivity contribution in [2.75, 3.05) is 18.0 Å². The molecule has 3 heterocycles. The minimum Gasteiger partial charge on any atom is -0.353 e. The second-order valence-corrected chi connectivity index (χ2v) is 4.26. The molecule has 0 unspecified atom stereocenters. The Kier molecular flexibility index (Phi) is 2.03. The van der Waals surface area contributed by atoms with Crippen LogP contribution in [0, 0.1) is 6.92 Å². The van der Waals surface area contributed by atoms with Crippen LogP contribution in [0.3, 0.4) is 0 Å². The predicted octanol–water partition coefficient (Wildman–Crippen LogP) is -0.0299. The topological polar surface area (TPSA) is 72.3 Å². The molecule has 2 aromatic heterocycles. The summed E-state index contributed by atoms with van der Waals surface area (Å²) < 4.78 is 1.77. The van der Waals surface area contributed by atoms with E-state index < -0.39 is 0 Å². The number of fused-ring (bicyclic) bond motifs is 1. The normalized spacial score (nSPS) is 20.9. The highest BCUT2D eigenvalue weighted by atomic mass is 15.4. The first kappa shape index (κ1) is 9.53. The van der Waals surface area contributed by atoms with Crippen molar-refractivity contribution in [2.45, 2.75) is 19.4 Å². The molecular weight excluding hydrogens is 204 g/mol. The van der Waals surface area contributed by atoms with Crippen LogP contribution >= 0.6 is 0 Å². The van der Waals surface area contributed by atoms with Gasteiger partial charge in [0.05, 0.1) is 18.1 Å². The van der Waals surface area contributed by atoms with Gasteiger partial charge in [0.1, 0.15) is 5.52 Å². The first-order valence-corrected chi connectivity index (χ1v) is 5.42. The molecule has 6 heteroatoms. The molecule has 1 aliphatic heterocycles. The molecule has 2 N–H and O–H groups in total. The fraction of sp³-hybridized carbons (Fsp3) is 0.500. The Morgan fingerprint density at radius 3 is 3.12 bits per heavy atom. The zero-order valence-corrected chi connectivity index (χ0v) is 9.17. The standard InChI is InChI=1S/C10H14N6/c1-7-5-16-9(4-12-14-16)10(13-7)15-3-2-8(11)6-15/h4-5,8H,2-3,6,11H2,1H3/t8-/m1/s1. The number of hydrogen-bond donors (Lipinski definition) is 1. The van der Waals surface area contributed by atoms with Crippen molar-refractivity contribution in [1.29, 1.82) is 0 Å². The van der Waals surface area contributed by atoms with Crippen molar-refractivity contribution in [3.8, 4) is 0 Å². The van der Waals surface area contributed by atoms with Crippen LogP contribution in [0.5, 0.6) is 0 Å². The Hall–Kier alpha value is -1.69. The Bertz CT molecular complexity index is 519. The maximum absolute atomic E-state index is 5.91. The fourth-order valence-electron chi connectivity index (χ4n) is 2.14. The molecule has 0 amide bonds. The first-order valence-electron chi connectivity index (χ1n) is 5.42. The molecule has 1 atom stereocenters. The largest absolute Gasteiger partial charge is 0.353 e. The molecule has 84 valence electrons. The smallest absolute Gasteiger partial charge is 0.156 e. The quantitative estimate of drug-likeness (QED) is 0.727. The minimum atomic E-state index is 0.248. The second-order valence-electron chi connectivity index (χ2n) is 4.26. The number of nitrogens with zero attached hydrogens (tertiary/aromatic N) is 5. The Balaban J connectivity index is 2.11. The summed E-state index contributed by atoms with van der Waals surface area (Å²) in [5.41, 5.74) is 7.79. The van der Waals surface area contributed by atoms with Crippen LogP contribution in [-0.2, 0) is 0 Å². The average molecular weight is 218 g/mol. The number of aryl methyl sites for hydroxylation is 1. The summed E-state index contributed by atoms with van der Waals surface area (Å²) in [4.78, 5) is 6.76. The Morgan fingerprint density at radius 2 is 2.38 bits per heavy atom. The van der Waals surface area contributed by atoms with Gasteiger partial charge in [0.15, 0.2) is 5.82 Å². The molecule has 1 aliphatic rings. The number of aromatic nitrogens is 4. The summed E-state index contributed by atoms with van der Waals surface area (Å²) >= 11 is 0. The Labute approximate surface area is 93.1 Å². The molecule has 0 bridgehead atoms. The van der Waals surface area contributed by atoms with Gasteiger partial charge in [-0.1, -0.05) is 5.21 Å². The molecule has 16 heavy (non-hydrogen) atoms. The zero-order valence-electron chi connectivity index (χ0n) is 9.17. The predicted molar refractivity (Wildman–Crippen MR) is 60.3 cm³/mol. The highest BCUT2D eigenvalue weighted by Crippen LogP contribution is 2.22. The van der Waals surface area contributed by atoms with Gasteiger partial charge in [0.2, 0.25) is 0 Å². The van der Waals surface area contributed by atoms with E-state index in [0.29, 0.717) is 0 Å².